The van der Waals surface area contributed by atoms with Crippen LogP contribution in [0.1, 0.15) is 33.1 Å². The van der Waals surface area contributed by atoms with Crippen molar-refractivity contribution in [2.24, 2.45) is 11.8 Å². The van der Waals surface area contributed by atoms with E-state index in [0.29, 0.717) is 6.42 Å². The quantitative estimate of drug-likeness (QED) is 0.806. The molecular weight excluding hydrogens is 224 g/mol. The largest absolute Gasteiger partial charge is 0.359 e. The van der Waals surface area contributed by atoms with Crippen LogP contribution >= 0.6 is 12.4 Å². The zero-order valence-corrected chi connectivity index (χ0v) is 11.5. The smallest absolute Gasteiger partial charge is 0.221 e. The lowest BCUT2D eigenvalue weighted by atomic mass is 9.97. The number of halogens is 1. The molecular formula is C12H25ClN2O. The Hall–Kier alpha value is -0.280. The summed E-state index contributed by atoms with van der Waals surface area (Å²) in [5.41, 5.74) is 0. The average Bonchev–Trinajstić information content (AvgIpc) is 2.61. The van der Waals surface area contributed by atoms with Crippen molar-refractivity contribution in [3.05, 3.63) is 0 Å². The Morgan fingerprint density at radius 3 is 2.75 bits per heavy atom. The minimum Gasteiger partial charge on any atom is -0.359 e. The fourth-order valence-electron chi connectivity index (χ4n) is 2.36. The van der Waals surface area contributed by atoms with Gasteiger partial charge in [-0.2, -0.15) is 0 Å². The first-order valence-corrected chi connectivity index (χ1v) is 6.04. The fourth-order valence-corrected chi connectivity index (χ4v) is 2.36. The van der Waals surface area contributed by atoms with E-state index in [1.54, 1.807) is 7.05 Å². The van der Waals surface area contributed by atoms with E-state index < -0.39 is 0 Å². The van der Waals surface area contributed by atoms with Crippen molar-refractivity contribution >= 4 is 18.3 Å². The van der Waals surface area contributed by atoms with Gasteiger partial charge in [-0.1, -0.05) is 13.8 Å². The second-order valence-corrected chi connectivity index (χ2v) is 5.01. The van der Waals surface area contributed by atoms with Gasteiger partial charge in [-0.25, -0.2) is 0 Å². The van der Waals surface area contributed by atoms with Crippen LogP contribution in [0.3, 0.4) is 0 Å². The van der Waals surface area contributed by atoms with Crippen molar-refractivity contribution < 1.29 is 4.79 Å². The number of nitrogens with zero attached hydrogens (tertiary/aromatic N) is 1. The predicted molar refractivity (Wildman–Crippen MR) is 69.9 cm³/mol. The summed E-state index contributed by atoms with van der Waals surface area (Å²) in [4.78, 5) is 13.5. The topological polar surface area (TPSA) is 32.3 Å². The molecule has 1 N–H and O–H groups in total. The van der Waals surface area contributed by atoms with Crippen molar-refractivity contribution in [1.82, 2.24) is 10.2 Å². The van der Waals surface area contributed by atoms with E-state index in [1.807, 2.05) is 0 Å². The van der Waals surface area contributed by atoms with Crippen LogP contribution in [0, 0.1) is 11.8 Å². The Morgan fingerprint density at radius 1 is 1.50 bits per heavy atom. The molecule has 16 heavy (non-hydrogen) atoms. The van der Waals surface area contributed by atoms with Crippen LogP contribution in [0.25, 0.3) is 0 Å². The van der Waals surface area contributed by atoms with Crippen LogP contribution in [-0.4, -0.2) is 37.5 Å². The Balaban J connectivity index is 0.00000225. The number of likely N-dealkylation sites (tertiary alicyclic amines) is 1. The summed E-state index contributed by atoms with van der Waals surface area (Å²) < 4.78 is 0. The highest BCUT2D eigenvalue weighted by molar-refractivity contribution is 5.85. The Kier molecular flexibility index (Phi) is 7.77. The van der Waals surface area contributed by atoms with E-state index in [9.17, 15) is 4.79 Å². The summed E-state index contributed by atoms with van der Waals surface area (Å²) in [6, 6.07) is 0. The first kappa shape index (κ1) is 15.7. The highest BCUT2D eigenvalue weighted by Crippen LogP contribution is 2.22. The molecule has 1 unspecified atom stereocenters. The van der Waals surface area contributed by atoms with E-state index in [1.165, 1.54) is 25.9 Å². The van der Waals surface area contributed by atoms with Gasteiger partial charge in [-0.3, -0.25) is 4.79 Å². The van der Waals surface area contributed by atoms with Crippen LogP contribution < -0.4 is 5.32 Å². The molecule has 4 heteroatoms. The lowest BCUT2D eigenvalue weighted by molar-refractivity contribution is -0.120. The van der Waals surface area contributed by atoms with Gasteiger partial charge in [0.2, 0.25) is 5.91 Å². The molecule has 0 radical (unpaired) electrons. The zero-order valence-electron chi connectivity index (χ0n) is 10.7. The summed E-state index contributed by atoms with van der Waals surface area (Å²) in [6.45, 7) is 7.86. The molecule has 96 valence electrons. The third-order valence-corrected chi connectivity index (χ3v) is 3.11. The first-order chi connectivity index (χ1) is 7.11. The average molecular weight is 249 g/mol. The minimum atomic E-state index is 0. The molecule has 0 aromatic heterocycles. The van der Waals surface area contributed by atoms with E-state index in [2.05, 4.69) is 24.1 Å². The molecule has 1 fully saturated rings. The summed E-state index contributed by atoms with van der Waals surface area (Å²) in [6.07, 6.45) is 3.29. The molecule has 1 saturated heterocycles. The molecule has 1 heterocycles. The van der Waals surface area contributed by atoms with Crippen LogP contribution in [0.4, 0.5) is 0 Å². The van der Waals surface area contributed by atoms with Gasteiger partial charge >= 0.3 is 0 Å². The molecule has 1 amide bonds. The lowest BCUT2D eigenvalue weighted by Crippen LogP contribution is -2.27. The Bertz CT molecular complexity index is 209. The number of carbonyl (C=O) groups excluding carboxylic acids is 1. The van der Waals surface area contributed by atoms with Crippen molar-refractivity contribution in [1.29, 1.82) is 0 Å². The zero-order chi connectivity index (χ0) is 11.3. The van der Waals surface area contributed by atoms with Gasteiger partial charge in [-0.05, 0) is 31.2 Å². The SMILES string of the molecule is CNC(=O)CCN1CCC(CC(C)C)C1.Cl. The van der Waals surface area contributed by atoms with E-state index in [4.69, 9.17) is 0 Å². The van der Waals surface area contributed by atoms with Gasteiger partial charge < -0.3 is 10.2 Å². The lowest BCUT2D eigenvalue weighted by Gasteiger charge is -2.16. The number of carbonyl (C=O) groups is 1. The predicted octanol–water partition coefficient (Wildman–Crippen LogP) is 1.91. The van der Waals surface area contributed by atoms with E-state index in [-0.39, 0.29) is 18.3 Å². The Labute approximate surface area is 105 Å². The van der Waals surface area contributed by atoms with Gasteiger partial charge in [-0.15, -0.1) is 12.4 Å². The molecule has 1 rings (SSSR count). The third-order valence-electron chi connectivity index (χ3n) is 3.11. The normalized spacial score (nSPS) is 20.9. The maximum atomic E-state index is 11.1. The van der Waals surface area contributed by atoms with Crippen LogP contribution in [0.2, 0.25) is 0 Å². The molecule has 0 aromatic carbocycles. The van der Waals surface area contributed by atoms with Gasteiger partial charge in [0.15, 0.2) is 0 Å². The molecule has 1 aliphatic rings. The number of nitrogens with one attached hydrogen (secondary N) is 1. The molecule has 0 aliphatic carbocycles. The standard InChI is InChI=1S/C12H24N2O.ClH/c1-10(2)8-11-4-6-14(9-11)7-5-12(15)13-3;/h10-11H,4-9H2,1-3H3,(H,13,15);1H. The molecule has 1 atom stereocenters. The van der Waals surface area contributed by atoms with Crippen molar-refractivity contribution in [3.63, 3.8) is 0 Å². The monoisotopic (exact) mass is 248 g/mol. The highest BCUT2D eigenvalue weighted by Gasteiger charge is 2.22. The maximum absolute atomic E-state index is 11.1. The van der Waals surface area contributed by atoms with Crippen LogP contribution in [0.15, 0.2) is 0 Å². The second kappa shape index (κ2) is 7.91. The number of hydrogen-bond acceptors (Lipinski definition) is 2. The number of hydrogen-bond donors (Lipinski definition) is 1. The summed E-state index contributed by atoms with van der Waals surface area (Å²) >= 11 is 0. The third kappa shape index (κ3) is 5.71. The number of rotatable bonds is 5. The fraction of sp³-hybridized carbons (Fsp3) is 0.917. The summed E-state index contributed by atoms with van der Waals surface area (Å²) in [5, 5.41) is 2.67. The first-order valence-electron chi connectivity index (χ1n) is 6.04. The molecule has 0 aromatic rings. The van der Waals surface area contributed by atoms with Crippen molar-refractivity contribution in [2.45, 2.75) is 33.1 Å². The molecule has 0 spiro atoms. The number of amides is 1. The van der Waals surface area contributed by atoms with Crippen LogP contribution in [0.5, 0.6) is 0 Å². The van der Waals surface area contributed by atoms with E-state index in [0.717, 1.165) is 18.4 Å². The molecule has 3 nitrogen and oxygen atoms in total. The second-order valence-electron chi connectivity index (χ2n) is 5.01. The summed E-state index contributed by atoms with van der Waals surface area (Å²) in [7, 11) is 1.70. The van der Waals surface area contributed by atoms with Crippen molar-refractivity contribution in [2.75, 3.05) is 26.7 Å². The van der Waals surface area contributed by atoms with Crippen molar-refractivity contribution in [3.8, 4) is 0 Å². The van der Waals surface area contributed by atoms with Gasteiger partial charge in [0, 0.05) is 26.6 Å². The molecule has 1 aliphatic heterocycles. The molecule has 0 bridgehead atoms. The van der Waals surface area contributed by atoms with Crippen LogP contribution in [-0.2, 0) is 4.79 Å². The van der Waals surface area contributed by atoms with Gasteiger partial charge in [0.05, 0.1) is 0 Å². The maximum Gasteiger partial charge on any atom is 0.221 e. The Morgan fingerprint density at radius 2 is 2.19 bits per heavy atom. The summed E-state index contributed by atoms with van der Waals surface area (Å²) in [5.74, 6) is 1.81. The highest BCUT2D eigenvalue weighted by atomic mass is 35.5. The van der Waals surface area contributed by atoms with Gasteiger partial charge in [0.1, 0.15) is 0 Å². The van der Waals surface area contributed by atoms with Gasteiger partial charge in [0.25, 0.3) is 0 Å². The van der Waals surface area contributed by atoms with E-state index >= 15 is 0 Å². The molecule has 0 saturated carbocycles. The minimum absolute atomic E-state index is 0.